The molecule has 116 valence electrons. The van der Waals surface area contributed by atoms with Crippen LogP contribution in [-0.4, -0.2) is 66.2 Å². The number of hydrogen-bond acceptors (Lipinski definition) is 3. The number of likely N-dealkylation sites (N-methyl/N-ethyl adjacent to an activating group) is 1. The van der Waals surface area contributed by atoms with Gasteiger partial charge in [0.25, 0.3) is 0 Å². The maximum absolute atomic E-state index is 12.1. The minimum atomic E-state index is -0.842. The number of carboxylic acids is 1. The van der Waals surface area contributed by atoms with Crippen molar-refractivity contribution in [1.82, 2.24) is 15.1 Å². The molecule has 20 heavy (non-hydrogen) atoms. The summed E-state index contributed by atoms with van der Waals surface area (Å²) in [6.45, 7) is 8.57. The Bertz CT molecular complexity index is 347. The van der Waals surface area contributed by atoms with Gasteiger partial charge in [0.1, 0.15) is 0 Å². The minimum Gasteiger partial charge on any atom is -0.481 e. The molecule has 0 radical (unpaired) electrons. The van der Waals surface area contributed by atoms with Crippen LogP contribution in [-0.2, 0) is 4.79 Å². The van der Waals surface area contributed by atoms with Gasteiger partial charge in [-0.05, 0) is 26.3 Å². The topological polar surface area (TPSA) is 72.9 Å². The van der Waals surface area contributed by atoms with Crippen molar-refractivity contribution < 1.29 is 14.7 Å². The zero-order valence-corrected chi connectivity index (χ0v) is 12.9. The number of amides is 2. The summed E-state index contributed by atoms with van der Waals surface area (Å²) in [7, 11) is 2.04. The molecule has 1 heterocycles. The average Bonchev–Trinajstić information content (AvgIpc) is 2.33. The van der Waals surface area contributed by atoms with Crippen molar-refractivity contribution in [2.45, 2.75) is 33.2 Å². The van der Waals surface area contributed by atoms with Gasteiger partial charge in [-0.1, -0.05) is 13.8 Å². The Hall–Kier alpha value is -1.30. The Morgan fingerprint density at radius 2 is 2.00 bits per heavy atom. The number of rotatable bonds is 5. The summed E-state index contributed by atoms with van der Waals surface area (Å²) in [4.78, 5) is 27.3. The number of carbonyl (C=O) groups excluding carboxylic acids is 1. The molecular formula is C14H27N3O3. The fourth-order valence-electron chi connectivity index (χ4n) is 2.59. The lowest BCUT2D eigenvalue weighted by Crippen LogP contribution is -2.56. The molecule has 1 fully saturated rings. The van der Waals surface area contributed by atoms with E-state index in [2.05, 4.69) is 10.2 Å². The maximum atomic E-state index is 12.1. The molecule has 2 amide bonds. The summed E-state index contributed by atoms with van der Waals surface area (Å²) in [5.74, 6) is -1.05. The first-order chi connectivity index (χ1) is 9.31. The van der Waals surface area contributed by atoms with Crippen molar-refractivity contribution in [1.29, 1.82) is 0 Å². The third-order valence-electron chi connectivity index (χ3n) is 3.70. The fourth-order valence-corrected chi connectivity index (χ4v) is 2.59. The van der Waals surface area contributed by atoms with E-state index in [4.69, 9.17) is 5.11 Å². The standard InChI is InChI=1S/C14H27N3O3/c1-10(2)7-12(13(18)19)8-15-14(20)17-6-5-16(4)9-11(17)3/h10-12H,5-9H2,1-4H3,(H,15,20)(H,18,19). The first-order valence-electron chi connectivity index (χ1n) is 7.27. The van der Waals surface area contributed by atoms with Crippen molar-refractivity contribution in [3.05, 3.63) is 0 Å². The zero-order chi connectivity index (χ0) is 15.3. The van der Waals surface area contributed by atoms with Gasteiger partial charge in [0, 0.05) is 32.2 Å². The first-order valence-corrected chi connectivity index (χ1v) is 7.27. The molecule has 1 aliphatic rings. The van der Waals surface area contributed by atoms with Gasteiger partial charge in [0.15, 0.2) is 0 Å². The van der Waals surface area contributed by atoms with E-state index in [1.807, 2.05) is 27.8 Å². The molecule has 6 nitrogen and oxygen atoms in total. The first kappa shape index (κ1) is 16.8. The molecule has 2 N–H and O–H groups in total. The second-order valence-electron chi connectivity index (χ2n) is 6.16. The Morgan fingerprint density at radius 1 is 1.35 bits per heavy atom. The van der Waals surface area contributed by atoms with Crippen LogP contribution >= 0.6 is 0 Å². The van der Waals surface area contributed by atoms with Crippen LogP contribution in [0.25, 0.3) is 0 Å². The lowest BCUT2D eigenvalue weighted by molar-refractivity contribution is -0.142. The molecule has 0 saturated carbocycles. The number of carboxylic acid groups (broad SMARTS) is 1. The van der Waals surface area contributed by atoms with Crippen LogP contribution in [0.2, 0.25) is 0 Å². The van der Waals surface area contributed by atoms with E-state index in [9.17, 15) is 9.59 Å². The summed E-state index contributed by atoms with van der Waals surface area (Å²) < 4.78 is 0. The van der Waals surface area contributed by atoms with E-state index in [-0.39, 0.29) is 18.6 Å². The number of piperazine rings is 1. The largest absolute Gasteiger partial charge is 0.481 e. The predicted octanol–water partition coefficient (Wildman–Crippen LogP) is 1.08. The highest BCUT2D eigenvalue weighted by Gasteiger charge is 2.27. The van der Waals surface area contributed by atoms with E-state index in [1.54, 1.807) is 4.90 Å². The highest BCUT2D eigenvalue weighted by Crippen LogP contribution is 2.12. The highest BCUT2D eigenvalue weighted by molar-refractivity contribution is 5.76. The molecule has 1 aliphatic heterocycles. The second-order valence-corrected chi connectivity index (χ2v) is 6.16. The lowest BCUT2D eigenvalue weighted by Gasteiger charge is -2.38. The highest BCUT2D eigenvalue weighted by atomic mass is 16.4. The van der Waals surface area contributed by atoms with Crippen LogP contribution in [0.3, 0.4) is 0 Å². The normalized spacial score (nSPS) is 21.9. The van der Waals surface area contributed by atoms with Gasteiger partial charge in [-0.15, -0.1) is 0 Å². The third-order valence-corrected chi connectivity index (χ3v) is 3.70. The van der Waals surface area contributed by atoms with E-state index in [0.717, 1.165) is 13.1 Å². The molecule has 0 aromatic carbocycles. The Balaban J connectivity index is 2.46. The fraction of sp³-hybridized carbons (Fsp3) is 0.857. The number of hydrogen-bond donors (Lipinski definition) is 2. The molecule has 0 aromatic heterocycles. The van der Waals surface area contributed by atoms with Crippen LogP contribution < -0.4 is 5.32 Å². The molecule has 0 aliphatic carbocycles. The van der Waals surface area contributed by atoms with Crippen molar-refractivity contribution in [2.24, 2.45) is 11.8 Å². The van der Waals surface area contributed by atoms with E-state index in [1.165, 1.54) is 0 Å². The molecule has 1 saturated heterocycles. The maximum Gasteiger partial charge on any atom is 0.317 e. The van der Waals surface area contributed by atoms with Gasteiger partial charge in [0.05, 0.1) is 5.92 Å². The quantitative estimate of drug-likeness (QED) is 0.793. The van der Waals surface area contributed by atoms with Crippen molar-refractivity contribution in [3.8, 4) is 0 Å². The molecule has 0 spiro atoms. The van der Waals surface area contributed by atoms with Gasteiger partial charge >= 0.3 is 12.0 Å². The monoisotopic (exact) mass is 285 g/mol. The van der Waals surface area contributed by atoms with Crippen LogP contribution in [0, 0.1) is 11.8 Å². The van der Waals surface area contributed by atoms with Gasteiger partial charge in [0.2, 0.25) is 0 Å². The molecule has 6 heteroatoms. The molecule has 1 rings (SSSR count). The van der Waals surface area contributed by atoms with E-state index in [0.29, 0.717) is 18.9 Å². The third kappa shape index (κ3) is 5.00. The summed E-state index contributed by atoms with van der Waals surface area (Å²) in [5, 5.41) is 11.9. The number of aliphatic carboxylic acids is 1. The molecular weight excluding hydrogens is 258 g/mol. The SMILES string of the molecule is CC(C)CC(CNC(=O)N1CCN(C)CC1C)C(=O)O. The van der Waals surface area contributed by atoms with Crippen LogP contribution in [0.4, 0.5) is 4.79 Å². The van der Waals surface area contributed by atoms with Crippen LogP contribution in [0.15, 0.2) is 0 Å². The minimum absolute atomic E-state index is 0.152. The van der Waals surface area contributed by atoms with Crippen LogP contribution in [0.5, 0.6) is 0 Å². The summed E-state index contributed by atoms with van der Waals surface area (Å²) >= 11 is 0. The average molecular weight is 285 g/mol. The van der Waals surface area contributed by atoms with Gasteiger partial charge < -0.3 is 20.2 Å². The molecule has 2 atom stereocenters. The van der Waals surface area contributed by atoms with Crippen LogP contribution in [0.1, 0.15) is 27.2 Å². The smallest absolute Gasteiger partial charge is 0.317 e. The number of urea groups is 1. The van der Waals surface area contributed by atoms with Crippen molar-refractivity contribution >= 4 is 12.0 Å². The van der Waals surface area contributed by atoms with Gasteiger partial charge in [-0.25, -0.2) is 4.79 Å². The lowest BCUT2D eigenvalue weighted by atomic mass is 9.97. The van der Waals surface area contributed by atoms with Gasteiger partial charge in [-0.2, -0.15) is 0 Å². The summed E-state index contributed by atoms with van der Waals surface area (Å²) in [6, 6.07) is 0.00253. The van der Waals surface area contributed by atoms with Gasteiger partial charge in [-0.3, -0.25) is 4.79 Å². The van der Waals surface area contributed by atoms with Crippen molar-refractivity contribution in [2.75, 3.05) is 33.2 Å². The second kappa shape index (κ2) is 7.47. The summed E-state index contributed by atoms with van der Waals surface area (Å²) in [6.07, 6.45) is 0.577. The number of nitrogens with one attached hydrogen (secondary N) is 1. The predicted molar refractivity (Wildman–Crippen MR) is 77.6 cm³/mol. The molecule has 0 bridgehead atoms. The number of carbonyl (C=O) groups is 2. The number of nitrogens with zero attached hydrogens (tertiary/aromatic N) is 2. The van der Waals surface area contributed by atoms with E-state index < -0.39 is 11.9 Å². The van der Waals surface area contributed by atoms with Crippen molar-refractivity contribution in [3.63, 3.8) is 0 Å². The molecule has 0 aromatic rings. The Labute approximate surface area is 121 Å². The Morgan fingerprint density at radius 3 is 2.50 bits per heavy atom. The molecule has 2 unspecified atom stereocenters. The zero-order valence-electron chi connectivity index (χ0n) is 12.9. The van der Waals surface area contributed by atoms with E-state index >= 15 is 0 Å². The Kier molecular flexibility index (Phi) is 6.26. The summed E-state index contributed by atoms with van der Waals surface area (Å²) in [5.41, 5.74) is 0.